The number of nitrogens with zero attached hydrogens (tertiary/aromatic N) is 4. The fraction of sp³-hybridized carbons (Fsp3) is 0.304. The molecule has 1 aliphatic heterocycles. The predicted octanol–water partition coefficient (Wildman–Crippen LogP) is 6.74. The molecule has 7 nitrogen and oxygen atoms in total. The summed E-state index contributed by atoms with van der Waals surface area (Å²) in [6.07, 6.45) is -10.4. The molecule has 0 saturated heterocycles. The molecular weight excluding hydrogens is 582 g/mol. The first-order valence-electron chi connectivity index (χ1n) is 10.9. The van der Waals surface area contributed by atoms with Crippen LogP contribution in [0.25, 0.3) is 0 Å². The molecule has 1 aliphatic rings. The van der Waals surface area contributed by atoms with Crippen LogP contribution in [0.5, 0.6) is 0 Å². The highest BCUT2D eigenvalue weighted by atomic mass is 35.5. The number of rotatable bonds is 5. The minimum absolute atomic E-state index is 0.0577. The maximum Gasteiger partial charge on any atom is 0.435 e. The van der Waals surface area contributed by atoms with Crippen LogP contribution in [0.2, 0.25) is 10.0 Å². The van der Waals surface area contributed by atoms with Gasteiger partial charge in [-0.3, -0.25) is 10.1 Å². The Labute approximate surface area is 225 Å². The van der Waals surface area contributed by atoms with Crippen LogP contribution in [0.1, 0.15) is 39.3 Å². The quantitative estimate of drug-likeness (QED) is 0.261. The molecule has 0 bridgehead atoms. The van der Waals surface area contributed by atoms with Crippen molar-refractivity contribution in [3.05, 3.63) is 74.3 Å². The van der Waals surface area contributed by atoms with Crippen LogP contribution in [0.15, 0.2) is 35.5 Å². The third-order valence-electron chi connectivity index (χ3n) is 5.85. The van der Waals surface area contributed by atoms with Gasteiger partial charge in [-0.15, -0.1) is 5.10 Å². The second kappa shape index (κ2) is 9.97. The first-order chi connectivity index (χ1) is 18.0. The van der Waals surface area contributed by atoms with Gasteiger partial charge in [-0.1, -0.05) is 34.4 Å². The predicted molar refractivity (Wildman–Crippen MR) is 126 cm³/mol. The van der Waals surface area contributed by atoms with E-state index in [0.29, 0.717) is 10.2 Å². The van der Waals surface area contributed by atoms with Crippen molar-refractivity contribution in [2.75, 3.05) is 5.32 Å². The van der Waals surface area contributed by atoms with Crippen LogP contribution in [0.4, 0.5) is 36.7 Å². The number of aryl methyl sites for hydroxylation is 2. The number of carbonyl (C=O) groups excluding carboxylic acids is 1. The molecule has 208 valence electrons. The third-order valence-corrected chi connectivity index (χ3v) is 6.40. The molecule has 1 unspecified atom stereocenters. The molecule has 4 rings (SSSR count). The minimum atomic E-state index is -5.00. The van der Waals surface area contributed by atoms with Crippen molar-refractivity contribution in [2.45, 2.75) is 44.8 Å². The fourth-order valence-corrected chi connectivity index (χ4v) is 4.39. The summed E-state index contributed by atoms with van der Waals surface area (Å²) in [6, 6.07) is 5.52. The highest BCUT2D eigenvalue weighted by molar-refractivity contribution is 6.35. The lowest BCUT2D eigenvalue weighted by atomic mass is 9.86. The molecule has 0 aliphatic carbocycles. The minimum Gasteiger partial charge on any atom is -0.374 e. The zero-order valence-corrected chi connectivity index (χ0v) is 21.3. The van der Waals surface area contributed by atoms with Crippen LogP contribution in [-0.4, -0.2) is 38.7 Å². The number of amides is 1. The average Bonchev–Trinajstić information content (AvgIpc) is 3.40. The molecule has 39 heavy (non-hydrogen) atoms. The number of anilines is 1. The summed E-state index contributed by atoms with van der Waals surface area (Å²) in [7, 11) is 0. The molecular formula is C23H16Cl2F7N5O2. The van der Waals surface area contributed by atoms with Crippen LogP contribution in [-0.2, 0) is 17.0 Å². The van der Waals surface area contributed by atoms with E-state index in [1.54, 1.807) is 0 Å². The number of hydrogen-bond donors (Lipinski definition) is 1. The van der Waals surface area contributed by atoms with Gasteiger partial charge in [0.05, 0.1) is 15.8 Å². The molecule has 1 N–H and O–H groups in total. The number of oxime groups is 1. The van der Waals surface area contributed by atoms with Crippen molar-refractivity contribution < 1.29 is 40.4 Å². The number of benzene rings is 2. The zero-order valence-electron chi connectivity index (χ0n) is 19.8. The normalized spacial score (nSPS) is 17.7. The van der Waals surface area contributed by atoms with Crippen molar-refractivity contribution in [1.29, 1.82) is 0 Å². The van der Waals surface area contributed by atoms with Crippen LogP contribution < -0.4 is 5.32 Å². The largest absolute Gasteiger partial charge is 0.435 e. The van der Waals surface area contributed by atoms with Crippen molar-refractivity contribution in [3.8, 4) is 0 Å². The number of hydrogen-bond acceptors (Lipinski definition) is 5. The summed E-state index contributed by atoms with van der Waals surface area (Å²) in [4.78, 5) is 21.4. The summed E-state index contributed by atoms with van der Waals surface area (Å²) in [5.74, 6) is -2.27. The Morgan fingerprint density at radius 2 is 1.74 bits per heavy atom. The van der Waals surface area contributed by atoms with E-state index in [1.165, 1.54) is 32.0 Å². The van der Waals surface area contributed by atoms with Gasteiger partial charge in [-0.25, -0.2) is 9.07 Å². The molecule has 2 aromatic carbocycles. The Kier molecular flexibility index (Phi) is 7.32. The summed E-state index contributed by atoms with van der Waals surface area (Å²) in [5.41, 5.74) is -3.11. The molecule has 16 heteroatoms. The monoisotopic (exact) mass is 597 g/mol. The maximum absolute atomic E-state index is 14.2. The van der Waals surface area contributed by atoms with Gasteiger partial charge in [-0.05, 0) is 49.2 Å². The standard InChI is InChI=1S/C23H16Cl2F7N5O2/c1-10-5-12(3-4-14(10)19(38)34-20-33-11(2)37(35-20)9-22(27,28)29)17-8-21(39-36-17,23(30,31)32)13-6-15(24)18(26)16(25)7-13/h3-7H,8-9H2,1-2H3,(H,34,35,38). The van der Waals surface area contributed by atoms with Crippen molar-refractivity contribution in [1.82, 2.24) is 14.8 Å². The Balaban J connectivity index is 1.56. The average molecular weight is 598 g/mol. The van der Waals surface area contributed by atoms with Crippen molar-refractivity contribution in [3.63, 3.8) is 0 Å². The van der Waals surface area contributed by atoms with Crippen molar-refractivity contribution in [2.24, 2.45) is 5.16 Å². The molecule has 1 amide bonds. The fourth-order valence-electron chi connectivity index (χ4n) is 3.91. The number of alkyl halides is 6. The van der Waals surface area contributed by atoms with Gasteiger partial charge >= 0.3 is 12.4 Å². The third kappa shape index (κ3) is 5.66. The van der Waals surface area contributed by atoms with Crippen LogP contribution in [0.3, 0.4) is 0 Å². The lowest BCUT2D eigenvalue weighted by molar-refractivity contribution is -0.275. The second-order valence-electron chi connectivity index (χ2n) is 8.62. The Morgan fingerprint density at radius 3 is 2.31 bits per heavy atom. The summed E-state index contributed by atoms with van der Waals surface area (Å²) >= 11 is 11.4. The molecule has 2 heterocycles. The van der Waals surface area contributed by atoms with E-state index >= 15 is 0 Å². The van der Waals surface area contributed by atoms with E-state index in [0.717, 1.165) is 12.1 Å². The Morgan fingerprint density at radius 1 is 1.10 bits per heavy atom. The van der Waals surface area contributed by atoms with Gasteiger partial charge < -0.3 is 4.84 Å². The van der Waals surface area contributed by atoms with Gasteiger partial charge in [0, 0.05) is 17.5 Å². The van der Waals surface area contributed by atoms with Crippen LogP contribution >= 0.6 is 23.2 Å². The Hall–Kier alpha value is -3.39. The molecule has 1 atom stereocenters. The van der Waals surface area contributed by atoms with Gasteiger partial charge in [0.25, 0.3) is 11.5 Å². The highest BCUT2D eigenvalue weighted by Gasteiger charge is 2.62. The molecule has 3 aromatic rings. The second-order valence-corrected chi connectivity index (χ2v) is 9.44. The zero-order chi connectivity index (χ0) is 28.9. The number of carbonyl (C=O) groups is 1. The molecule has 0 fully saturated rings. The smallest absolute Gasteiger partial charge is 0.374 e. The SMILES string of the molecule is Cc1cc(C2=NOC(c3cc(Cl)c(F)c(Cl)c3)(C(F)(F)F)C2)ccc1C(=O)Nc1nc(C)n(CC(F)(F)F)n1. The highest BCUT2D eigenvalue weighted by Crippen LogP contribution is 2.50. The summed E-state index contributed by atoms with van der Waals surface area (Å²) in [5, 5.41) is 8.28. The van der Waals surface area contributed by atoms with Gasteiger partial charge in [-0.2, -0.15) is 31.3 Å². The lowest BCUT2D eigenvalue weighted by Crippen LogP contribution is -2.42. The van der Waals surface area contributed by atoms with Gasteiger partial charge in [0.15, 0.2) is 5.82 Å². The number of halogens is 9. The van der Waals surface area contributed by atoms with Crippen LogP contribution in [0, 0.1) is 19.7 Å². The van der Waals surface area contributed by atoms with E-state index < -0.39 is 58.3 Å². The van der Waals surface area contributed by atoms with Gasteiger partial charge in [0.1, 0.15) is 12.4 Å². The van der Waals surface area contributed by atoms with E-state index in [2.05, 4.69) is 20.6 Å². The topological polar surface area (TPSA) is 81.4 Å². The number of aromatic nitrogens is 3. The summed E-state index contributed by atoms with van der Waals surface area (Å²) in [6.45, 7) is 1.38. The van der Waals surface area contributed by atoms with E-state index in [4.69, 9.17) is 28.0 Å². The van der Waals surface area contributed by atoms with E-state index in [-0.39, 0.29) is 28.6 Å². The maximum atomic E-state index is 14.2. The van der Waals surface area contributed by atoms with E-state index in [9.17, 15) is 35.5 Å². The molecule has 0 spiro atoms. The lowest BCUT2D eigenvalue weighted by Gasteiger charge is -2.29. The molecule has 1 aromatic heterocycles. The Bertz CT molecular complexity index is 1460. The molecule has 0 radical (unpaired) electrons. The van der Waals surface area contributed by atoms with Crippen molar-refractivity contribution >= 4 is 40.8 Å². The number of nitrogens with one attached hydrogen (secondary N) is 1. The first-order valence-corrected chi connectivity index (χ1v) is 11.6. The van der Waals surface area contributed by atoms with E-state index in [1.807, 2.05) is 0 Å². The first kappa shape index (κ1) is 28.6. The van der Waals surface area contributed by atoms with Gasteiger partial charge in [0.2, 0.25) is 5.95 Å². The summed E-state index contributed by atoms with van der Waals surface area (Å²) < 4.78 is 95.0. The molecule has 0 saturated carbocycles.